The van der Waals surface area contributed by atoms with Crippen LogP contribution in [0.1, 0.15) is 20.8 Å². The number of carbonyl (C=O) groups is 1. The Morgan fingerprint density at radius 2 is 2.33 bits per heavy atom. The molecule has 0 aromatic rings. The fraction of sp³-hybridized carbons (Fsp3) is 0.556. The minimum absolute atomic E-state index is 0.248. The standard InChI is InChI=1S/C9H13NO2/c1-4-12-8(11)7-5-6-9(2,3)10-7/h5-6H,4H2,1-3H3. The van der Waals surface area contributed by atoms with E-state index in [0.29, 0.717) is 12.3 Å². The highest BCUT2D eigenvalue weighted by molar-refractivity contribution is 6.41. The van der Waals surface area contributed by atoms with Crippen LogP contribution in [0.15, 0.2) is 17.1 Å². The molecule has 3 heteroatoms. The van der Waals surface area contributed by atoms with E-state index in [1.54, 1.807) is 13.0 Å². The second kappa shape index (κ2) is 3.09. The second-order valence-electron chi connectivity index (χ2n) is 3.20. The summed E-state index contributed by atoms with van der Waals surface area (Å²) in [6.45, 7) is 6.06. The van der Waals surface area contributed by atoms with Crippen LogP contribution in [0.4, 0.5) is 0 Å². The Kier molecular flexibility index (Phi) is 2.31. The van der Waals surface area contributed by atoms with Crippen LogP contribution in [0.2, 0.25) is 0 Å². The molecule has 0 aromatic heterocycles. The third-order valence-corrected chi connectivity index (χ3v) is 1.54. The molecule has 0 fully saturated rings. The van der Waals surface area contributed by atoms with E-state index in [0.717, 1.165) is 0 Å². The van der Waals surface area contributed by atoms with Crippen LogP contribution in [-0.4, -0.2) is 23.8 Å². The maximum Gasteiger partial charge on any atom is 0.356 e. The van der Waals surface area contributed by atoms with Crippen molar-refractivity contribution < 1.29 is 9.53 Å². The summed E-state index contributed by atoms with van der Waals surface area (Å²) < 4.78 is 4.80. The lowest BCUT2D eigenvalue weighted by molar-refractivity contribution is -0.134. The maximum atomic E-state index is 11.1. The molecule has 0 atom stereocenters. The first-order valence-electron chi connectivity index (χ1n) is 4.01. The van der Waals surface area contributed by atoms with Gasteiger partial charge in [-0.05, 0) is 26.8 Å². The number of hydrogen-bond donors (Lipinski definition) is 0. The Balaban J connectivity index is 2.68. The Labute approximate surface area is 72.1 Å². The van der Waals surface area contributed by atoms with E-state index in [2.05, 4.69) is 4.99 Å². The molecule has 1 aliphatic heterocycles. The second-order valence-corrected chi connectivity index (χ2v) is 3.20. The topological polar surface area (TPSA) is 38.7 Å². The van der Waals surface area contributed by atoms with Gasteiger partial charge in [-0.15, -0.1) is 0 Å². The van der Waals surface area contributed by atoms with Crippen molar-refractivity contribution in [2.24, 2.45) is 4.99 Å². The minimum Gasteiger partial charge on any atom is -0.461 e. The molecular formula is C9H13NO2. The molecule has 0 N–H and O–H groups in total. The van der Waals surface area contributed by atoms with Crippen LogP contribution in [0.5, 0.6) is 0 Å². The summed E-state index contributed by atoms with van der Waals surface area (Å²) in [6, 6.07) is 0. The first kappa shape index (κ1) is 8.97. The van der Waals surface area contributed by atoms with Gasteiger partial charge in [-0.2, -0.15) is 0 Å². The first-order valence-corrected chi connectivity index (χ1v) is 4.01. The number of rotatable bonds is 2. The number of carbonyl (C=O) groups excluding carboxylic acids is 1. The van der Waals surface area contributed by atoms with Crippen molar-refractivity contribution >= 4 is 11.7 Å². The van der Waals surface area contributed by atoms with E-state index < -0.39 is 0 Å². The van der Waals surface area contributed by atoms with Gasteiger partial charge in [0, 0.05) is 0 Å². The zero-order valence-corrected chi connectivity index (χ0v) is 7.63. The SMILES string of the molecule is CCOC(=O)C1=NC(C)(C)C=C1. The van der Waals surface area contributed by atoms with Crippen molar-refractivity contribution in [2.75, 3.05) is 6.61 Å². The Morgan fingerprint density at radius 1 is 1.67 bits per heavy atom. The van der Waals surface area contributed by atoms with Crippen molar-refractivity contribution in [3.63, 3.8) is 0 Å². The monoisotopic (exact) mass is 167 g/mol. The number of nitrogens with zero attached hydrogens (tertiary/aromatic N) is 1. The Hall–Kier alpha value is -1.12. The van der Waals surface area contributed by atoms with E-state index in [-0.39, 0.29) is 11.5 Å². The maximum absolute atomic E-state index is 11.1. The quantitative estimate of drug-likeness (QED) is 0.582. The van der Waals surface area contributed by atoms with Crippen molar-refractivity contribution in [3.8, 4) is 0 Å². The van der Waals surface area contributed by atoms with Crippen LogP contribution in [-0.2, 0) is 9.53 Å². The Morgan fingerprint density at radius 3 is 2.75 bits per heavy atom. The third kappa shape index (κ3) is 1.94. The summed E-state index contributed by atoms with van der Waals surface area (Å²) in [5.41, 5.74) is 0.170. The van der Waals surface area contributed by atoms with Crippen LogP contribution in [0, 0.1) is 0 Å². The zero-order chi connectivity index (χ0) is 9.19. The van der Waals surface area contributed by atoms with Gasteiger partial charge in [-0.25, -0.2) is 4.79 Å². The van der Waals surface area contributed by atoms with E-state index in [4.69, 9.17) is 4.74 Å². The van der Waals surface area contributed by atoms with E-state index in [9.17, 15) is 4.79 Å². The highest BCUT2D eigenvalue weighted by atomic mass is 16.5. The number of esters is 1. The molecule has 12 heavy (non-hydrogen) atoms. The smallest absolute Gasteiger partial charge is 0.356 e. The number of ether oxygens (including phenoxy) is 1. The van der Waals surface area contributed by atoms with Gasteiger partial charge in [0.15, 0.2) is 0 Å². The van der Waals surface area contributed by atoms with Gasteiger partial charge in [0.25, 0.3) is 0 Å². The minimum atomic E-state index is -0.334. The molecule has 66 valence electrons. The Bertz CT molecular complexity index is 251. The van der Waals surface area contributed by atoms with Crippen LogP contribution in [0.3, 0.4) is 0 Å². The largest absolute Gasteiger partial charge is 0.461 e. The van der Waals surface area contributed by atoms with E-state index >= 15 is 0 Å². The highest BCUT2D eigenvalue weighted by Crippen LogP contribution is 2.17. The molecule has 0 saturated carbocycles. The van der Waals surface area contributed by atoms with Gasteiger partial charge in [-0.3, -0.25) is 4.99 Å². The predicted molar refractivity (Wildman–Crippen MR) is 47.3 cm³/mol. The van der Waals surface area contributed by atoms with Gasteiger partial charge >= 0.3 is 5.97 Å². The highest BCUT2D eigenvalue weighted by Gasteiger charge is 2.22. The summed E-state index contributed by atoms with van der Waals surface area (Å²) in [5, 5.41) is 0. The molecule has 0 bridgehead atoms. The van der Waals surface area contributed by atoms with Gasteiger partial charge in [-0.1, -0.05) is 6.08 Å². The molecule has 0 radical (unpaired) electrons. The van der Waals surface area contributed by atoms with Gasteiger partial charge < -0.3 is 4.74 Å². The van der Waals surface area contributed by atoms with E-state index in [1.165, 1.54) is 0 Å². The average Bonchev–Trinajstić information content (AvgIpc) is 2.31. The molecule has 0 spiro atoms. The molecule has 1 rings (SSSR count). The lowest BCUT2D eigenvalue weighted by atomic mass is 10.1. The molecular weight excluding hydrogens is 154 g/mol. The third-order valence-electron chi connectivity index (χ3n) is 1.54. The summed E-state index contributed by atoms with van der Waals surface area (Å²) in [4.78, 5) is 15.3. The van der Waals surface area contributed by atoms with Crippen LogP contribution < -0.4 is 0 Å². The summed E-state index contributed by atoms with van der Waals surface area (Å²) in [7, 11) is 0. The van der Waals surface area contributed by atoms with Crippen LogP contribution >= 0.6 is 0 Å². The van der Waals surface area contributed by atoms with Crippen molar-refractivity contribution in [1.29, 1.82) is 0 Å². The molecule has 3 nitrogen and oxygen atoms in total. The molecule has 1 heterocycles. The molecule has 0 saturated heterocycles. The van der Waals surface area contributed by atoms with Gasteiger partial charge in [0.2, 0.25) is 0 Å². The summed E-state index contributed by atoms with van der Waals surface area (Å²) >= 11 is 0. The van der Waals surface area contributed by atoms with Crippen LogP contribution in [0.25, 0.3) is 0 Å². The molecule has 0 aliphatic carbocycles. The summed E-state index contributed by atoms with van der Waals surface area (Å²) in [6.07, 6.45) is 3.59. The molecule has 0 aromatic carbocycles. The predicted octanol–water partition coefficient (Wildman–Crippen LogP) is 1.34. The van der Waals surface area contributed by atoms with Crippen molar-refractivity contribution in [3.05, 3.63) is 12.2 Å². The lowest BCUT2D eigenvalue weighted by Crippen LogP contribution is -2.16. The van der Waals surface area contributed by atoms with E-state index in [1.807, 2.05) is 19.9 Å². The van der Waals surface area contributed by atoms with Gasteiger partial charge in [0.05, 0.1) is 12.1 Å². The zero-order valence-electron chi connectivity index (χ0n) is 7.63. The van der Waals surface area contributed by atoms with Gasteiger partial charge in [0.1, 0.15) is 5.71 Å². The molecule has 0 unspecified atom stereocenters. The average molecular weight is 167 g/mol. The number of aliphatic imine (C=N–C) groups is 1. The molecule has 1 aliphatic rings. The van der Waals surface area contributed by atoms with Crippen molar-refractivity contribution in [2.45, 2.75) is 26.3 Å². The normalized spacial score (nSPS) is 19.1. The fourth-order valence-electron chi connectivity index (χ4n) is 0.987. The first-order chi connectivity index (χ1) is 5.55. The lowest BCUT2D eigenvalue weighted by Gasteiger charge is -2.08. The number of hydrogen-bond acceptors (Lipinski definition) is 3. The summed E-state index contributed by atoms with van der Waals surface area (Å²) in [5.74, 6) is -0.334. The van der Waals surface area contributed by atoms with Crippen molar-refractivity contribution in [1.82, 2.24) is 0 Å². The fourth-order valence-corrected chi connectivity index (χ4v) is 0.987. The molecule has 0 amide bonds.